The first-order valence-electron chi connectivity index (χ1n) is 9.04. The Kier molecular flexibility index (Phi) is 5.23. The highest BCUT2D eigenvalue weighted by Gasteiger charge is 2.11. The molecule has 0 spiro atoms. The summed E-state index contributed by atoms with van der Waals surface area (Å²) in [6.07, 6.45) is 8.98. The van der Waals surface area contributed by atoms with Gasteiger partial charge >= 0.3 is 0 Å². The Morgan fingerprint density at radius 1 is 1.04 bits per heavy atom. The van der Waals surface area contributed by atoms with Gasteiger partial charge in [-0.2, -0.15) is 10.2 Å². The first kappa shape index (κ1) is 17.4. The molecule has 27 heavy (non-hydrogen) atoms. The maximum absolute atomic E-state index is 10.2. The zero-order valence-corrected chi connectivity index (χ0v) is 15.0. The average molecular weight is 359 g/mol. The summed E-state index contributed by atoms with van der Waals surface area (Å²) in [6, 6.07) is 16.2. The van der Waals surface area contributed by atoms with Gasteiger partial charge < -0.3 is 4.74 Å². The van der Waals surface area contributed by atoms with Crippen molar-refractivity contribution in [3.8, 4) is 0 Å². The molecule has 0 radical (unpaired) electrons. The fraction of sp³-hybridized carbons (Fsp3) is 0.182. The molecule has 0 atom stereocenters. The van der Waals surface area contributed by atoms with Crippen molar-refractivity contribution in [3.63, 3.8) is 0 Å². The summed E-state index contributed by atoms with van der Waals surface area (Å²) >= 11 is 0. The number of anilines is 1. The van der Waals surface area contributed by atoms with E-state index in [1.165, 1.54) is 11.1 Å². The van der Waals surface area contributed by atoms with Crippen LogP contribution in [0.2, 0.25) is 0 Å². The summed E-state index contributed by atoms with van der Waals surface area (Å²) in [4.78, 5) is 0. The number of allylic oxidation sites excluding steroid dienone is 1. The molecule has 0 fully saturated rings. The summed E-state index contributed by atoms with van der Waals surface area (Å²) in [7, 11) is 0. The molecule has 0 saturated carbocycles. The van der Waals surface area contributed by atoms with E-state index in [0.29, 0.717) is 13.2 Å². The van der Waals surface area contributed by atoms with Gasteiger partial charge in [-0.05, 0) is 42.2 Å². The summed E-state index contributed by atoms with van der Waals surface area (Å²) in [5, 5.41) is 21.3. The zero-order chi connectivity index (χ0) is 18.5. The van der Waals surface area contributed by atoms with Crippen molar-refractivity contribution in [2.24, 2.45) is 10.2 Å². The fourth-order valence-electron chi connectivity index (χ4n) is 3.22. The highest BCUT2D eigenvalue weighted by molar-refractivity contribution is 5.69. The lowest BCUT2D eigenvalue weighted by Crippen LogP contribution is -2.26. The van der Waals surface area contributed by atoms with Crippen LogP contribution in [0, 0.1) is 0 Å². The van der Waals surface area contributed by atoms with Crippen LogP contribution in [0.3, 0.4) is 0 Å². The number of azo groups is 1. The lowest BCUT2D eigenvalue weighted by Gasteiger charge is -2.19. The predicted molar refractivity (Wildman–Crippen MR) is 105 cm³/mol. The minimum Gasteiger partial charge on any atom is -0.377 e. The van der Waals surface area contributed by atoms with Gasteiger partial charge in [0, 0.05) is 23.2 Å². The van der Waals surface area contributed by atoms with Crippen LogP contribution in [0.5, 0.6) is 0 Å². The van der Waals surface area contributed by atoms with Gasteiger partial charge in [0.05, 0.1) is 24.2 Å². The summed E-state index contributed by atoms with van der Waals surface area (Å²) in [6.45, 7) is 1.34. The maximum atomic E-state index is 10.2. The van der Waals surface area contributed by atoms with Crippen molar-refractivity contribution in [2.45, 2.75) is 19.4 Å². The zero-order valence-electron chi connectivity index (χ0n) is 15.0. The van der Waals surface area contributed by atoms with Gasteiger partial charge in [0.25, 0.3) is 0 Å². The van der Waals surface area contributed by atoms with Gasteiger partial charge in [0.1, 0.15) is 0 Å². The Labute approximate surface area is 157 Å². The Balaban J connectivity index is 1.46. The minimum absolute atomic E-state index is 0.636. The molecular formula is C22H21N3O2. The van der Waals surface area contributed by atoms with Gasteiger partial charge in [-0.1, -0.05) is 42.5 Å². The van der Waals surface area contributed by atoms with E-state index in [4.69, 9.17) is 4.74 Å². The number of ether oxygens (including phenoxy) is 1. The third-order valence-corrected chi connectivity index (χ3v) is 4.61. The van der Waals surface area contributed by atoms with Crippen LogP contribution in [0.25, 0.3) is 11.3 Å². The molecule has 0 saturated heterocycles. The Hall–Kier alpha value is -3.02. The molecule has 2 aliphatic rings. The van der Waals surface area contributed by atoms with E-state index in [1.54, 1.807) is 12.4 Å². The number of hydrogen-bond donors (Lipinski definition) is 1. The molecule has 2 aliphatic heterocycles. The number of benzene rings is 2. The van der Waals surface area contributed by atoms with Gasteiger partial charge in [-0.15, -0.1) is 0 Å². The van der Waals surface area contributed by atoms with Crippen LogP contribution in [0.4, 0.5) is 5.69 Å². The quantitative estimate of drug-likeness (QED) is 0.801. The highest BCUT2D eigenvalue weighted by atomic mass is 16.5. The number of hydroxylamine groups is 1. The molecule has 0 aromatic heterocycles. The molecule has 0 aliphatic carbocycles. The van der Waals surface area contributed by atoms with E-state index in [9.17, 15) is 5.21 Å². The van der Waals surface area contributed by atoms with E-state index in [2.05, 4.69) is 22.4 Å². The number of rotatable bonds is 6. The molecule has 1 N–H and O–H groups in total. The van der Waals surface area contributed by atoms with E-state index in [1.807, 2.05) is 48.6 Å². The van der Waals surface area contributed by atoms with Crippen LogP contribution in [0.15, 0.2) is 83.3 Å². The Bertz CT molecular complexity index is 1010. The molecule has 2 aromatic carbocycles. The lowest BCUT2D eigenvalue weighted by atomic mass is 10.0. The van der Waals surface area contributed by atoms with Gasteiger partial charge in [0.2, 0.25) is 0 Å². The second-order valence-corrected chi connectivity index (χ2v) is 6.48. The third-order valence-electron chi connectivity index (χ3n) is 4.61. The van der Waals surface area contributed by atoms with Crippen LogP contribution < -0.4 is 15.5 Å². The molecule has 2 aromatic rings. The molecular weight excluding hydrogens is 338 g/mol. The highest BCUT2D eigenvalue weighted by Crippen LogP contribution is 2.17. The van der Waals surface area contributed by atoms with Gasteiger partial charge in [-0.25, -0.2) is 5.06 Å². The largest absolute Gasteiger partial charge is 0.377 e. The van der Waals surface area contributed by atoms with Crippen molar-refractivity contribution in [2.75, 3.05) is 11.7 Å². The predicted octanol–water partition coefficient (Wildman–Crippen LogP) is 3.64. The van der Waals surface area contributed by atoms with E-state index >= 15 is 0 Å². The number of nitrogens with zero attached hydrogens (tertiary/aromatic N) is 3. The van der Waals surface area contributed by atoms with Crippen molar-refractivity contribution in [1.82, 2.24) is 0 Å². The van der Waals surface area contributed by atoms with E-state index in [0.717, 1.165) is 39.7 Å². The topological polar surface area (TPSA) is 57.4 Å². The monoisotopic (exact) mass is 359 g/mol. The Morgan fingerprint density at radius 3 is 2.74 bits per heavy atom. The maximum Gasteiger partial charge on any atom is 0.0945 e. The van der Waals surface area contributed by atoms with Crippen molar-refractivity contribution < 1.29 is 9.94 Å². The lowest BCUT2D eigenvalue weighted by molar-refractivity contribution is 0.119. The standard InChI is InChI=1S/C22H21N3O2/c26-25-13-11-18(7-4-14-27-16-17-5-2-1-3-6-17)20-9-8-19(15-22(20)25)21-10-12-23-24-21/h1-3,5-6,8-13,15,26H,4,7,14,16H2. The first-order chi connectivity index (χ1) is 13.3. The molecule has 2 heterocycles. The smallest absolute Gasteiger partial charge is 0.0945 e. The van der Waals surface area contributed by atoms with Crippen LogP contribution >= 0.6 is 0 Å². The Morgan fingerprint density at radius 2 is 1.93 bits per heavy atom. The van der Waals surface area contributed by atoms with Gasteiger partial charge in [-0.3, -0.25) is 5.21 Å². The van der Waals surface area contributed by atoms with Crippen molar-refractivity contribution in [1.29, 1.82) is 0 Å². The summed E-state index contributed by atoms with van der Waals surface area (Å²) in [5.74, 6) is 0. The van der Waals surface area contributed by atoms with E-state index in [-0.39, 0.29) is 0 Å². The van der Waals surface area contributed by atoms with E-state index < -0.39 is 0 Å². The summed E-state index contributed by atoms with van der Waals surface area (Å²) < 4.78 is 5.78. The molecule has 5 heteroatoms. The fourth-order valence-corrected chi connectivity index (χ4v) is 3.22. The first-order valence-corrected chi connectivity index (χ1v) is 9.04. The number of hydrogen-bond acceptors (Lipinski definition) is 5. The minimum atomic E-state index is 0.636. The van der Waals surface area contributed by atoms with Crippen LogP contribution in [-0.2, 0) is 11.3 Å². The molecule has 0 amide bonds. The normalized spacial score (nSPS) is 16.9. The second-order valence-electron chi connectivity index (χ2n) is 6.48. The van der Waals surface area contributed by atoms with Crippen LogP contribution in [-0.4, -0.2) is 11.8 Å². The molecule has 0 unspecified atom stereocenters. The second kappa shape index (κ2) is 8.12. The van der Waals surface area contributed by atoms with Crippen molar-refractivity contribution >= 4 is 17.0 Å². The van der Waals surface area contributed by atoms with Crippen molar-refractivity contribution in [3.05, 3.63) is 89.1 Å². The molecule has 4 rings (SSSR count). The molecule has 0 bridgehead atoms. The SMILES string of the molecule is ON1C=CC(CCCOCc2ccccc2)=c2ccc(=C3C=CN=N3)cc21. The molecule has 5 nitrogen and oxygen atoms in total. The average Bonchev–Trinajstić information content (AvgIpc) is 3.25. The molecule has 136 valence electrons. The number of fused-ring (bicyclic) bond motifs is 1. The van der Waals surface area contributed by atoms with Crippen LogP contribution in [0.1, 0.15) is 18.4 Å². The van der Waals surface area contributed by atoms with Gasteiger partial charge in [0.15, 0.2) is 0 Å². The third kappa shape index (κ3) is 4.05. The summed E-state index contributed by atoms with van der Waals surface area (Å²) in [5.41, 5.74) is 3.95.